The first kappa shape index (κ1) is 17.2. The van der Waals surface area contributed by atoms with Crippen LogP contribution in [0.1, 0.15) is 22.5 Å². The molecule has 25 heavy (non-hydrogen) atoms. The molecule has 2 aliphatic heterocycles. The fourth-order valence-corrected chi connectivity index (χ4v) is 5.03. The lowest BCUT2D eigenvalue weighted by molar-refractivity contribution is 0.0435. The van der Waals surface area contributed by atoms with Crippen LogP contribution in [0.3, 0.4) is 0 Å². The molecule has 2 aliphatic rings. The summed E-state index contributed by atoms with van der Waals surface area (Å²) >= 11 is 7.65. The molecule has 0 radical (unpaired) electrons. The number of carbonyl (C=O) groups excluding carboxylic acids is 1. The molecule has 134 valence electrons. The summed E-state index contributed by atoms with van der Waals surface area (Å²) in [5.74, 6) is -0.365. The Morgan fingerprint density at radius 3 is 2.84 bits per heavy atom. The number of carbonyl (C=O) groups is 1. The van der Waals surface area contributed by atoms with Gasteiger partial charge in [0.15, 0.2) is 0 Å². The first-order valence-corrected chi connectivity index (χ1v) is 9.82. The van der Waals surface area contributed by atoms with E-state index in [1.165, 1.54) is 23.5 Å². The van der Waals surface area contributed by atoms with E-state index in [9.17, 15) is 9.18 Å². The van der Waals surface area contributed by atoms with Crippen molar-refractivity contribution in [3.8, 4) is 0 Å². The Bertz CT molecular complexity index is 783. The normalized spacial score (nSPS) is 22.0. The zero-order valence-electron chi connectivity index (χ0n) is 13.8. The number of fused-ring (bicyclic) bond motifs is 1. The van der Waals surface area contributed by atoms with Gasteiger partial charge >= 0.3 is 0 Å². The highest BCUT2D eigenvalue weighted by atomic mass is 35.5. The lowest BCUT2D eigenvalue weighted by Crippen LogP contribution is -2.50. The minimum Gasteiger partial charge on any atom is -0.377 e. The summed E-state index contributed by atoms with van der Waals surface area (Å²) in [6, 6.07) is 4.45. The predicted molar refractivity (Wildman–Crippen MR) is 98.1 cm³/mol. The molecule has 0 N–H and O–H groups in total. The topological polar surface area (TPSA) is 32.8 Å². The molecule has 0 unspecified atom stereocenters. The highest BCUT2D eigenvalue weighted by Crippen LogP contribution is 2.36. The van der Waals surface area contributed by atoms with Crippen molar-refractivity contribution in [3.05, 3.63) is 33.9 Å². The molecule has 3 heterocycles. The summed E-state index contributed by atoms with van der Waals surface area (Å²) in [5.41, 5.74) is 0. The molecule has 4 rings (SSSR count). The van der Waals surface area contributed by atoms with Gasteiger partial charge in [-0.3, -0.25) is 9.69 Å². The Kier molecular flexibility index (Phi) is 4.95. The third-order valence-electron chi connectivity index (χ3n) is 4.93. The minimum atomic E-state index is -0.313. The number of thiophene rings is 1. The van der Waals surface area contributed by atoms with Crippen LogP contribution in [-0.2, 0) is 4.74 Å². The van der Waals surface area contributed by atoms with Crippen molar-refractivity contribution in [2.75, 3.05) is 39.3 Å². The molecular weight excluding hydrogens is 363 g/mol. The maximum atomic E-state index is 13.4. The summed E-state index contributed by atoms with van der Waals surface area (Å²) in [5, 5.41) is 1.18. The van der Waals surface area contributed by atoms with Gasteiger partial charge in [-0.25, -0.2) is 4.39 Å². The molecular formula is C18H20ClFN2O2S. The van der Waals surface area contributed by atoms with E-state index in [-0.39, 0.29) is 11.7 Å². The van der Waals surface area contributed by atoms with Crippen LogP contribution in [0, 0.1) is 5.82 Å². The van der Waals surface area contributed by atoms with Gasteiger partial charge in [-0.05, 0) is 31.0 Å². The van der Waals surface area contributed by atoms with Crippen LogP contribution >= 0.6 is 22.9 Å². The maximum Gasteiger partial charge on any atom is 0.265 e. The molecule has 4 nitrogen and oxygen atoms in total. The second-order valence-corrected chi connectivity index (χ2v) is 8.04. The number of amides is 1. The Morgan fingerprint density at radius 1 is 1.32 bits per heavy atom. The Hall–Kier alpha value is -1.21. The average Bonchev–Trinajstić information content (AvgIpc) is 3.23. The zero-order valence-corrected chi connectivity index (χ0v) is 15.4. The van der Waals surface area contributed by atoms with Gasteiger partial charge in [0.05, 0.1) is 11.1 Å². The smallest absolute Gasteiger partial charge is 0.265 e. The third-order valence-corrected chi connectivity index (χ3v) is 6.58. The van der Waals surface area contributed by atoms with Crippen molar-refractivity contribution >= 4 is 38.9 Å². The SMILES string of the molecule is O=C(c1sc2cc(F)ccc2c1Cl)N1CCN(C[C@H]2CCCO2)CC1. The second-order valence-electron chi connectivity index (χ2n) is 6.61. The second kappa shape index (κ2) is 7.19. The van der Waals surface area contributed by atoms with Crippen molar-refractivity contribution in [1.82, 2.24) is 9.80 Å². The van der Waals surface area contributed by atoms with E-state index >= 15 is 0 Å². The van der Waals surface area contributed by atoms with Crippen LogP contribution in [0.25, 0.3) is 10.1 Å². The van der Waals surface area contributed by atoms with Crippen LogP contribution in [0.5, 0.6) is 0 Å². The lowest BCUT2D eigenvalue weighted by Gasteiger charge is -2.35. The van der Waals surface area contributed by atoms with Gasteiger partial charge in [0, 0.05) is 49.4 Å². The summed E-state index contributed by atoms with van der Waals surface area (Å²) < 4.78 is 19.8. The molecule has 0 bridgehead atoms. The van der Waals surface area contributed by atoms with E-state index in [0.717, 1.165) is 44.5 Å². The maximum absolute atomic E-state index is 13.4. The number of hydrogen-bond acceptors (Lipinski definition) is 4. The summed E-state index contributed by atoms with van der Waals surface area (Å²) in [7, 11) is 0. The van der Waals surface area contributed by atoms with Crippen molar-refractivity contribution in [2.24, 2.45) is 0 Å². The Morgan fingerprint density at radius 2 is 2.12 bits per heavy atom. The quantitative estimate of drug-likeness (QED) is 0.812. The number of ether oxygens (including phenoxy) is 1. The van der Waals surface area contributed by atoms with E-state index < -0.39 is 0 Å². The van der Waals surface area contributed by atoms with Gasteiger partial charge in [-0.1, -0.05) is 11.6 Å². The highest BCUT2D eigenvalue weighted by Gasteiger charge is 2.27. The number of nitrogens with zero attached hydrogens (tertiary/aromatic N) is 2. The Balaban J connectivity index is 1.42. The standard InChI is InChI=1S/C18H20ClFN2O2S/c19-16-14-4-3-12(20)10-15(14)25-17(16)18(23)22-7-5-21(6-8-22)11-13-2-1-9-24-13/h3-4,10,13H,1-2,5-9,11H2/t13-/m1/s1. The monoisotopic (exact) mass is 382 g/mol. The number of hydrogen-bond donors (Lipinski definition) is 0. The van der Waals surface area contributed by atoms with Crippen molar-refractivity contribution in [1.29, 1.82) is 0 Å². The van der Waals surface area contributed by atoms with Gasteiger partial charge in [0.2, 0.25) is 0 Å². The van der Waals surface area contributed by atoms with E-state index in [4.69, 9.17) is 16.3 Å². The average molecular weight is 383 g/mol. The van der Waals surface area contributed by atoms with Crippen LogP contribution in [0.4, 0.5) is 4.39 Å². The lowest BCUT2D eigenvalue weighted by atomic mass is 10.2. The highest BCUT2D eigenvalue weighted by molar-refractivity contribution is 7.21. The molecule has 0 saturated carbocycles. The van der Waals surface area contributed by atoms with Gasteiger partial charge in [0.1, 0.15) is 10.7 Å². The minimum absolute atomic E-state index is 0.0524. The van der Waals surface area contributed by atoms with Crippen LogP contribution in [-0.4, -0.2) is 61.1 Å². The molecule has 1 aromatic heterocycles. The van der Waals surface area contributed by atoms with Gasteiger partial charge in [-0.2, -0.15) is 0 Å². The summed E-state index contributed by atoms with van der Waals surface area (Å²) in [6.07, 6.45) is 2.62. The molecule has 0 spiro atoms. The summed E-state index contributed by atoms with van der Waals surface area (Å²) in [6.45, 7) is 4.89. The third kappa shape index (κ3) is 3.53. The van der Waals surface area contributed by atoms with Gasteiger partial charge in [-0.15, -0.1) is 11.3 Å². The van der Waals surface area contributed by atoms with Crippen LogP contribution in [0.2, 0.25) is 5.02 Å². The van der Waals surface area contributed by atoms with Crippen molar-refractivity contribution < 1.29 is 13.9 Å². The fraction of sp³-hybridized carbons (Fsp3) is 0.500. The fourth-order valence-electron chi connectivity index (χ4n) is 3.53. The Labute approximate surface area is 155 Å². The van der Waals surface area contributed by atoms with E-state index in [1.54, 1.807) is 6.07 Å². The molecule has 0 aliphatic carbocycles. The molecule has 2 saturated heterocycles. The van der Waals surface area contributed by atoms with E-state index in [2.05, 4.69) is 4.90 Å². The molecule has 1 amide bonds. The number of halogens is 2. The number of rotatable bonds is 3. The molecule has 1 aromatic carbocycles. The first-order chi connectivity index (χ1) is 12.1. The van der Waals surface area contributed by atoms with Crippen molar-refractivity contribution in [2.45, 2.75) is 18.9 Å². The number of benzene rings is 1. The zero-order chi connectivity index (χ0) is 17.4. The van der Waals surface area contributed by atoms with Crippen LogP contribution in [0.15, 0.2) is 18.2 Å². The van der Waals surface area contributed by atoms with Crippen LogP contribution < -0.4 is 0 Å². The largest absolute Gasteiger partial charge is 0.377 e. The van der Waals surface area contributed by atoms with E-state index in [1.807, 2.05) is 4.90 Å². The van der Waals surface area contributed by atoms with Gasteiger partial charge in [0.25, 0.3) is 5.91 Å². The molecule has 2 aromatic rings. The number of piperazine rings is 1. The first-order valence-electron chi connectivity index (χ1n) is 8.62. The van der Waals surface area contributed by atoms with Gasteiger partial charge < -0.3 is 9.64 Å². The molecule has 1 atom stereocenters. The predicted octanol–water partition coefficient (Wildman–Crippen LogP) is 3.63. The summed E-state index contributed by atoms with van der Waals surface area (Å²) in [4.78, 5) is 17.6. The van der Waals surface area contributed by atoms with E-state index in [0.29, 0.717) is 33.8 Å². The molecule has 2 fully saturated rings. The van der Waals surface area contributed by atoms with Crippen molar-refractivity contribution in [3.63, 3.8) is 0 Å². The molecule has 7 heteroatoms.